The van der Waals surface area contributed by atoms with Crippen LogP contribution in [0, 0.1) is 6.92 Å². The number of benzene rings is 10. The van der Waals surface area contributed by atoms with Crippen molar-refractivity contribution in [2.24, 2.45) is 0 Å². The van der Waals surface area contributed by atoms with Gasteiger partial charge in [0.1, 0.15) is 0 Å². The molecule has 3 heterocycles. The second-order valence-electron chi connectivity index (χ2n) is 22.3. The van der Waals surface area contributed by atoms with Crippen molar-refractivity contribution < 1.29 is 0 Å². The summed E-state index contributed by atoms with van der Waals surface area (Å²) in [4.78, 5) is 7.80. The molecular formula is C71H64BN3S. The van der Waals surface area contributed by atoms with Gasteiger partial charge in [0, 0.05) is 76.8 Å². The molecule has 0 saturated carbocycles. The van der Waals surface area contributed by atoms with Gasteiger partial charge in [-0.15, -0.1) is 11.3 Å². The monoisotopic (exact) mass is 1000 g/mol. The van der Waals surface area contributed by atoms with E-state index < -0.39 is 0 Å². The highest BCUT2D eigenvalue weighted by Gasteiger charge is 2.47. The van der Waals surface area contributed by atoms with Gasteiger partial charge >= 0.3 is 6.85 Å². The zero-order valence-corrected chi connectivity index (χ0v) is 45.5. The fourth-order valence-electron chi connectivity index (χ4n) is 12.2. The van der Waals surface area contributed by atoms with E-state index in [0.29, 0.717) is 0 Å². The van der Waals surface area contributed by atoms with Crippen LogP contribution in [0.5, 0.6) is 0 Å². The van der Waals surface area contributed by atoms with Crippen LogP contribution < -0.4 is 25.5 Å². The first-order chi connectivity index (χ1) is 37.1. The number of aryl methyl sites for hydroxylation is 3. The van der Waals surface area contributed by atoms with E-state index in [4.69, 9.17) is 0 Å². The summed E-state index contributed by atoms with van der Waals surface area (Å²) in [6.07, 6.45) is 6.90. The van der Waals surface area contributed by atoms with Crippen LogP contribution in [0.1, 0.15) is 82.6 Å². The Morgan fingerprint density at radius 3 is 1.80 bits per heavy atom. The lowest BCUT2D eigenvalue weighted by Gasteiger charge is -2.46. The predicted octanol–water partition coefficient (Wildman–Crippen LogP) is 19.3. The number of nitrogens with zero attached hydrogens (tertiary/aromatic N) is 3. The van der Waals surface area contributed by atoms with Crippen LogP contribution in [0.25, 0.3) is 53.2 Å². The van der Waals surface area contributed by atoms with Gasteiger partial charge < -0.3 is 14.6 Å². The van der Waals surface area contributed by atoms with Crippen molar-refractivity contribution in [3.63, 3.8) is 0 Å². The number of hydrogen-bond acceptors (Lipinski definition) is 4. The molecule has 0 fully saturated rings. The Hall–Kier alpha value is -7.86. The van der Waals surface area contributed by atoms with Gasteiger partial charge in [-0.3, -0.25) is 0 Å². The molecule has 3 nitrogen and oxygen atoms in total. The predicted molar refractivity (Wildman–Crippen MR) is 331 cm³/mol. The Labute approximate surface area is 453 Å². The number of anilines is 8. The Morgan fingerprint density at radius 1 is 0.513 bits per heavy atom. The summed E-state index contributed by atoms with van der Waals surface area (Å²) in [5.41, 5.74) is 22.4. The van der Waals surface area contributed by atoms with Crippen molar-refractivity contribution in [3.8, 4) is 22.3 Å². The molecule has 0 saturated heterocycles. The number of rotatable bonds is 12. The van der Waals surface area contributed by atoms with Crippen molar-refractivity contribution in [3.05, 3.63) is 229 Å². The van der Waals surface area contributed by atoms with Crippen LogP contribution in [-0.2, 0) is 18.3 Å². The average molecular weight is 1000 g/mol. The fraction of sp³-hybridized carbons (Fsp3) is 0.183. The molecule has 2 aliphatic rings. The average Bonchev–Trinajstić information content (AvgIpc) is 3.99. The summed E-state index contributed by atoms with van der Waals surface area (Å²) in [6.45, 7) is 13.6. The first-order valence-electron chi connectivity index (χ1n) is 27.6. The second-order valence-corrected chi connectivity index (χ2v) is 23.3. The largest absolute Gasteiger partial charge is 0.376 e. The van der Waals surface area contributed by atoms with Crippen LogP contribution in [0.2, 0.25) is 0 Å². The molecular weight excluding hydrogens is 938 g/mol. The molecule has 0 atom stereocenters. The summed E-state index contributed by atoms with van der Waals surface area (Å²) in [5, 5.41) is 5.08. The fourth-order valence-corrected chi connectivity index (χ4v) is 13.5. The van der Waals surface area contributed by atoms with Crippen molar-refractivity contribution in [1.82, 2.24) is 0 Å². The molecule has 0 bridgehead atoms. The van der Waals surface area contributed by atoms with Gasteiger partial charge in [0.2, 0.25) is 0 Å². The minimum Gasteiger partial charge on any atom is -0.376 e. The Kier molecular flexibility index (Phi) is 12.2. The van der Waals surface area contributed by atoms with Crippen molar-refractivity contribution in [1.29, 1.82) is 0 Å². The van der Waals surface area contributed by atoms with Crippen LogP contribution in [0.15, 0.2) is 206 Å². The van der Waals surface area contributed by atoms with E-state index in [2.05, 4.69) is 262 Å². The number of thiophene rings is 1. The van der Waals surface area contributed by atoms with Gasteiger partial charge in [-0.2, -0.15) is 0 Å². The molecule has 0 radical (unpaired) electrons. The molecule has 11 aromatic rings. The first-order valence-corrected chi connectivity index (χ1v) is 28.5. The van der Waals surface area contributed by atoms with Crippen LogP contribution in [-0.4, -0.2) is 6.85 Å². The lowest BCUT2D eigenvalue weighted by atomic mass is 9.43. The summed E-state index contributed by atoms with van der Waals surface area (Å²) in [7, 11) is 0. The number of hydrogen-bond donors (Lipinski definition) is 0. The lowest BCUT2D eigenvalue weighted by molar-refractivity contribution is 0.590. The third-order valence-corrected chi connectivity index (χ3v) is 17.4. The zero-order chi connectivity index (χ0) is 51.7. The molecule has 2 aliphatic heterocycles. The van der Waals surface area contributed by atoms with E-state index in [1.54, 1.807) is 0 Å². The lowest BCUT2D eigenvalue weighted by Crippen LogP contribution is -2.61. The third kappa shape index (κ3) is 8.28. The molecule has 0 unspecified atom stereocenters. The third-order valence-electron chi connectivity index (χ3n) is 16.2. The topological polar surface area (TPSA) is 9.72 Å². The molecule has 372 valence electrons. The molecule has 0 amide bonds. The quantitative estimate of drug-likeness (QED) is 0.113. The van der Waals surface area contributed by atoms with Crippen molar-refractivity contribution >= 4 is 106 Å². The van der Waals surface area contributed by atoms with E-state index in [-0.39, 0.29) is 12.3 Å². The molecule has 5 heteroatoms. The highest BCUT2D eigenvalue weighted by Crippen LogP contribution is 2.54. The van der Waals surface area contributed by atoms with Gasteiger partial charge in [0.15, 0.2) is 0 Å². The van der Waals surface area contributed by atoms with Gasteiger partial charge in [-0.05, 0) is 178 Å². The SMILES string of the molecule is CCCCc1ccc(N(c2ccc(CCCC)cc2)c2ccc3c(c2)N(c2ccc(-c4ccccc4)cc2C)c2cc4c(sc5ccccc54)c4c2B3N(c2ccc(C(C)(C)C)cc2)c2cc3ccccc3cc2-4)cc1. The molecule has 10 aromatic carbocycles. The minimum atomic E-state index is -0.151. The number of fused-ring (bicyclic) bond motifs is 9. The minimum absolute atomic E-state index is 0.0148. The summed E-state index contributed by atoms with van der Waals surface area (Å²) in [5.74, 6) is 0. The summed E-state index contributed by atoms with van der Waals surface area (Å²) in [6, 6.07) is 79.0. The zero-order valence-electron chi connectivity index (χ0n) is 44.7. The summed E-state index contributed by atoms with van der Waals surface area (Å²) >= 11 is 1.94. The van der Waals surface area contributed by atoms with E-state index in [0.717, 1.165) is 29.9 Å². The normalized spacial score (nSPS) is 12.8. The van der Waals surface area contributed by atoms with Gasteiger partial charge in [-0.1, -0.05) is 169 Å². The molecule has 13 rings (SSSR count). The van der Waals surface area contributed by atoms with Crippen LogP contribution >= 0.6 is 11.3 Å². The maximum atomic E-state index is 2.68. The number of unbranched alkanes of at least 4 members (excludes halogenated alkanes) is 2. The molecule has 0 N–H and O–H groups in total. The van der Waals surface area contributed by atoms with Crippen LogP contribution in [0.3, 0.4) is 0 Å². The standard InChI is InChI=1S/C71H64BN3S/c1-7-9-18-48-26-33-55(34-27-48)73(56-35-28-49(29-36-56)19-10-8-2)58-39-40-62-65(45-58)74(63-41-30-53(42-47(63)3)50-20-12-11-13-21-50)66-46-60-59-24-16-17-25-67(59)76-70(60)68-61-43-51-22-14-15-23-52(51)44-64(61)75(72(62)69(66)68)57-37-31-54(32-38-57)71(4,5)6/h11-17,20-46H,7-10,18-19H2,1-6H3. The Morgan fingerprint density at radius 2 is 1.14 bits per heavy atom. The van der Waals surface area contributed by atoms with Crippen LogP contribution in [0.4, 0.5) is 45.5 Å². The van der Waals surface area contributed by atoms with E-state index in [1.807, 2.05) is 11.3 Å². The molecule has 76 heavy (non-hydrogen) atoms. The highest BCUT2D eigenvalue weighted by atomic mass is 32.1. The van der Waals surface area contributed by atoms with Gasteiger partial charge in [0.25, 0.3) is 0 Å². The molecule has 0 aliphatic carbocycles. The smallest absolute Gasteiger partial charge is 0.333 e. The molecule has 1 aromatic heterocycles. The van der Waals surface area contributed by atoms with E-state index in [9.17, 15) is 0 Å². The Bertz CT molecular complexity index is 3910. The second kappa shape index (κ2) is 19.4. The highest BCUT2D eigenvalue weighted by molar-refractivity contribution is 7.26. The van der Waals surface area contributed by atoms with E-state index >= 15 is 0 Å². The Balaban J connectivity index is 1.12. The molecule has 0 spiro atoms. The van der Waals surface area contributed by atoms with E-state index in [1.165, 1.54) is 140 Å². The van der Waals surface area contributed by atoms with Crippen molar-refractivity contribution in [2.75, 3.05) is 14.6 Å². The maximum Gasteiger partial charge on any atom is 0.333 e. The van der Waals surface area contributed by atoms with Gasteiger partial charge in [-0.25, -0.2) is 0 Å². The maximum absolute atomic E-state index is 2.68. The summed E-state index contributed by atoms with van der Waals surface area (Å²) < 4.78 is 2.65. The first kappa shape index (κ1) is 47.8. The van der Waals surface area contributed by atoms with Gasteiger partial charge in [0.05, 0.1) is 0 Å². The van der Waals surface area contributed by atoms with Crippen molar-refractivity contribution in [2.45, 2.75) is 85.5 Å².